The first-order chi connectivity index (χ1) is 9.89. The van der Waals surface area contributed by atoms with Crippen LogP contribution in [0.25, 0.3) is 0 Å². The van der Waals surface area contributed by atoms with E-state index in [1.54, 1.807) is 0 Å². The Hall–Kier alpha value is -0.740. The maximum atomic E-state index is 4.83. The molecule has 1 aliphatic heterocycles. The Labute approximate surface area is 133 Å². The van der Waals surface area contributed by atoms with Crippen molar-refractivity contribution in [3.05, 3.63) is 23.4 Å². The van der Waals surface area contributed by atoms with Crippen LogP contribution in [0.1, 0.15) is 45.4 Å². The van der Waals surface area contributed by atoms with Crippen LogP contribution in [0.15, 0.2) is 12.1 Å². The number of nitrogens with zero attached hydrogens (tertiary/aromatic N) is 2. The van der Waals surface area contributed by atoms with Gasteiger partial charge in [-0.25, -0.2) is 4.98 Å². The Bertz CT molecular complexity index is 462. The molecule has 1 fully saturated rings. The maximum absolute atomic E-state index is 4.83. The monoisotopic (exact) mass is 307 g/mol. The third-order valence-corrected chi connectivity index (χ3v) is 5.07. The van der Waals surface area contributed by atoms with E-state index < -0.39 is 0 Å². The van der Waals surface area contributed by atoms with Gasteiger partial charge in [0.25, 0.3) is 0 Å². The lowest BCUT2D eigenvalue weighted by Crippen LogP contribution is -2.35. The fourth-order valence-corrected chi connectivity index (χ4v) is 3.75. The standard InChI is InChI=1S/C17H29N3S/c1-6-14-9-13(11-18-17(2,3)4)10-16(19-14)20(5)15-7-8-21-12-15/h9-10,15,18H,6-8,11-12H2,1-5H3. The minimum atomic E-state index is 0.143. The van der Waals surface area contributed by atoms with E-state index in [0.717, 1.165) is 18.8 Å². The van der Waals surface area contributed by atoms with Gasteiger partial charge < -0.3 is 10.2 Å². The summed E-state index contributed by atoms with van der Waals surface area (Å²) in [5.74, 6) is 3.64. The van der Waals surface area contributed by atoms with Crippen molar-refractivity contribution in [2.45, 2.75) is 58.7 Å². The van der Waals surface area contributed by atoms with Gasteiger partial charge in [-0.15, -0.1) is 0 Å². The molecule has 1 aromatic heterocycles. The zero-order valence-electron chi connectivity index (χ0n) is 14.1. The molecular weight excluding hydrogens is 278 g/mol. The van der Waals surface area contributed by atoms with Crippen LogP contribution in [0, 0.1) is 0 Å². The summed E-state index contributed by atoms with van der Waals surface area (Å²) in [5.41, 5.74) is 2.67. The van der Waals surface area contributed by atoms with Gasteiger partial charge in [0.15, 0.2) is 0 Å². The van der Waals surface area contributed by atoms with E-state index in [2.05, 4.69) is 68.9 Å². The quantitative estimate of drug-likeness (QED) is 0.901. The molecule has 0 aliphatic carbocycles. The predicted molar refractivity (Wildman–Crippen MR) is 94.3 cm³/mol. The second-order valence-electron chi connectivity index (χ2n) is 6.91. The van der Waals surface area contributed by atoms with Gasteiger partial charge in [-0.3, -0.25) is 0 Å². The van der Waals surface area contributed by atoms with E-state index >= 15 is 0 Å². The summed E-state index contributed by atoms with van der Waals surface area (Å²) >= 11 is 2.05. The molecule has 1 unspecified atom stereocenters. The summed E-state index contributed by atoms with van der Waals surface area (Å²) in [6, 6.07) is 5.12. The molecule has 1 atom stereocenters. The fourth-order valence-electron chi connectivity index (χ4n) is 2.48. The molecule has 0 aromatic carbocycles. The molecule has 0 bridgehead atoms. The molecule has 0 amide bonds. The van der Waals surface area contributed by atoms with E-state index in [1.807, 2.05) is 0 Å². The Kier molecular flexibility index (Phi) is 5.55. The number of aromatic nitrogens is 1. The minimum absolute atomic E-state index is 0.143. The van der Waals surface area contributed by atoms with Gasteiger partial charge in [0, 0.05) is 36.6 Å². The average Bonchev–Trinajstić information content (AvgIpc) is 2.97. The molecule has 2 rings (SSSR count). The normalized spacial score (nSPS) is 19.0. The van der Waals surface area contributed by atoms with Crippen molar-refractivity contribution in [1.29, 1.82) is 0 Å². The lowest BCUT2D eigenvalue weighted by Gasteiger charge is -2.26. The molecule has 1 saturated heterocycles. The Balaban J connectivity index is 2.16. The summed E-state index contributed by atoms with van der Waals surface area (Å²) in [7, 11) is 2.19. The number of pyridine rings is 1. The molecule has 4 heteroatoms. The van der Waals surface area contributed by atoms with Gasteiger partial charge in [-0.1, -0.05) is 6.92 Å². The Morgan fingerprint density at radius 3 is 2.71 bits per heavy atom. The highest BCUT2D eigenvalue weighted by Gasteiger charge is 2.21. The summed E-state index contributed by atoms with van der Waals surface area (Å²) < 4.78 is 0. The summed E-state index contributed by atoms with van der Waals surface area (Å²) in [6.07, 6.45) is 2.26. The number of anilines is 1. The third-order valence-electron chi connectivity index (χ3n) is 3.92. The van der Waals surface area contributed by atoms with Crippen LogP contribution >= 0.6 is 11.8 Å². The van der Waals surface area contributed by atoms with Crippen LogP contribution in [-0.2, 0) is 13.0 Å². The van der Waals surface area contributed by atoms with E-state index in [1.165, 1.54) is 29.2 Å². The zero-order valence-corrected chi connectivity index (χ0v) is 14.9. The van der Waals surface area contributed by atoms with Crippen LogP contribution in [0.2, 0.25) is 0 Å². The molecular formula is C17H29N3S. The molecule has 1 N–H and O–H groups in total. The van der Waals surface area contributed by atoms with Crippen molar-refractivity contribution in [1.82, 2.24) is 10.3 Å². The number of hydrogen-bond acceptors (Lipinski definition) is 4. The highest BCUT2D eigenvalue weighted by Crippen LogP contribution is 2.26. The van der Waals surface area contributed by atoms with Crippen LogP contribution < -0.4 is 10.2 Å². The molecule has 1 aromatic rings. The molecule has 0 spiro atoms. The highest BCUT2D eigenvalue weighted by atomic mass is 32.2. The predicted octanol–water partition coefficient (Wildman–Crippen LogP) is 3.47. The third kappa shape index (κ3) is 4.89. The van der Waals surface area contributed by atoms with Crippen molar-refractivity contribution in [3.63, 3.8) is 0 Å². The first-order valence-corrected chi connectivity index (χ1v) is 9.10. The van der Waals surface area contributed by atoms with E-state index in [0.29, 0.717) is 6.04 Å². The lowest BCUT2D eigenvalue weighted by molar-refractivity contribution is 0.424. The van der Waals surface area contributed by atoms with Gasteiger partial charge in [0.05, 0.1) is 0 Å². The van der Waals surface area contributed by atoms with Crippen molar-refractivity contribution in [2.24, 2.45) is 0 Å². The van der Waals surface area contributed by atoms with Crippen LogP contribution in [0.5, 0.6) is 0 Å². The largest absolute Gasteiger partial charge is 0.356 e. The van der Waals surface area contributed by atoms with Gasteiger partial charge in [-0.2, -0.15) is 11.8 Å². The minimum Gasteiger partial charge on any atom is -0.356 e. The summed E-state index contributed by atoms with van der Waals surface area (Å²) in [6.45, 7) is 9.70. The first-order valence-electron chi connectivity index (χ1n) is 7.94. The number of nitrogens with one attached hydrogen (secondary N) is 1. The van der Waals surface area contributed by atoms with Crippen molar-refractivity contribution in [3.8, 4) is 0 Å². The molecule has 0 radical (unpaired) electrons. The lowest BCUT2D eigenvalue weighted by atomic mass is 10.1. The molecule has 0 saturated carbocycles. The number of thioether (sulfide) groups is 1. The Morgan fingerprint density at radius 2 is 2.14 bits per heavy atom. The van der Waals surface area contributed by atoms with Gasteiger partial charge in [0.1, 0.15) is 5.82 Å². The van der Waals surface area contributed by atoms with Crippen molar-refractivity contribution >= 4 is 17.6 Å². The average molecular weight is 308 g/mol. The van der Waals surface area contributed by atoms with Gasteiger partial charge in [0.2, 0.25) is 0 Å². The zero-order chi connectivity index (χ0) is 15.5. The van der Waals surface area contributed by atoms with E-state index in [9.17, 15) is 0 Å². The van der Waals surface area contributed by atoms with E-state index in [4.69, 9.17) is 4.98 Å². The van der Waals surface area contributed by atoms with Crippen molar-refractivity contribution in [2.75, 3.05) is 23.5 Å². The molecule has 1 aliphatic rings. The van der Waals surface area contributed by atoms with Gasteiger partial charge in [-0.05, 0) is 57.1 Å². The molecule has 2 heterocycles. The number of hydrogen-bond donors (Lipinski definition) is 1. The SMILES string of the molecule is CCc1cc(CNC(C)(C)C)cc(N(C)C2CCSC2)n1. The number of aryl methyl sites for hydroxylation is 1. The number of rotatable bonds is 5. The second kappa shape index (κ2) is 7.01. The molecule has 21 heavy (non-hydrogen) atoms. The molecule has 3 nitrogen and oxygen atoms in total. The maximum Gasteiger partial charge on any atom is 0.129 e. The fraction of sp³-hybridized carbons (Fsp3) is 0.706. The van der Waals surface area contributed by atoms with Crippen molar-refractivity contribution < 1.29 is 0 Å². The molecule has 118 valence electrons. The smallest absolute Gasteiger partial charge is 0.129 e. The first kappa shape index (κ1) is 16.6. The highest BCUT2D eigenvalue weighted by molar-refractivity contribution is 7.99. The topological polar surface area (TPSA) is 28.2 Å². The van der Waals surface area contributed by atoms with Crippen LogP contribution in [0.4, 0.5) is 5.82 Å². The van der Waals surface area contributed by atoms with Crippen LogP contribution in [-0.4, -0.2) is 35.1 Å². The van der Waals surface area contributed by atoms with Crippen LogP contribution in [0.3, 0.4) is 0 Å². The van der Waals surface area contributed by atoms with E-state index in [-0.39, 0.29) is 5.54 Å². The summed E-state index contributed by atoms with van der Waals surface area (Å²) in [5, 5.41) is 3.57. The summed E-state index contributed by atoms with van der Waals surface area (Å²) in [4.78, 5) is 7.20. The van der Waals surface area contributed by atoms with Gasteiger partial charge >= 0.3 is 0 Å². The Morgan fingerprint density at radius 1 is 1.38 bits per heavy atom. The second-order valence-corrected chi connectivity index (χ2v) is 8.06.